The summed E-state index contributed by atoms with van der Waals surface area (Å²) in [5, 5.41) is 4.21. The van der Waals surface area contributed by atoms with E-state index < -0.39 is 0 Å². The topological polar surface area (TPSA) is 76.6 Å². The number of anilines is 2. The summed E-state index contributed by atoms with van der Waals surface area (Å²) in [7, 11) is 0. The van der Waals surface area contributed by atoms with Crippen LogP contribution in [0.3, 0.4) is 0 Å². The molecular weight excluding hydrogens is 404 g/mol. The summed E-state index contributed by atoms with van der Waals surface area (Å²) in [5.74, 6) is 2.41. The molecule has 0 radical (unpaired) electrons. The van der Waals surface area contributed by atoms with E-state index in [1.165, 1.54) is 0 Å². The van der Waals surface area contributed by atoms with Crippen LogP contribution in [0.5, 0.6) is 11.5 Å². The molecule has 0 aliphatic carbocycles. The molecule has 1 amide bonds. The number of rotatable bonds is 8. The molecule has 168 valence electrons. The van der Waals surface area contributed by atoms with Crippen LogP contribution in [0.15, 0.2) is 48.8 Å². The molecule has 1 aliphatic heterocycles. The third-order valence-electron chi connectivity index (χ3n) is 5.73. The van der Waals surface area contributed by atoms with E-state index in [9.17, 15) is 4.79 Å². The van der Waals surface area contributed by atoms with E-state index in [-0.39, 0.29) is 11.9 Å². The number of hydrogen-bond acceptors (Lipinski definition) is 6. The highest BCUT2D eigenvalue weighted by molar-refractivity contribution is 5.95. The number of benzene rings is 2. The predicted octanol–water partition coefficient (Wildman–Crippen LogP) is 4.94. The Morgan fingerprint density at radius 1 is 1.09 bits per heavy atom. The minimum absolute atomic E-state index is 0.0959. The molecule has 7 heteroatoms. The second-order valence-electron chi connectivity index (χ2n) is 7.86. The van der Waals surface area contributed by atoms with Crippen molar-refractivity contribution in [3.05, 3.63) is 48.8 Å². The van der Waals surface area contributed by atoms with Crippen molar-refractivity contribution in [1.29, 1.82) is 0 Å². The summed E-state index contributed by atoms with van der Waals surface area (Å²) in [6.07, 6.45) is 5.20. The van der Waals surface area contributed by atoms with Crippen molar-refractivity contribution in [1.82, 2.24) is 14.9 Å². The fourth-order valence-electron chi connectivity index (χ4n) is 4.12. The van der Waals surface area contributed by atoms with Crippen molar-refractivity contribution in [3.63, 3.8) is 0 Å². The van der Waals surface area contributed by atoms with Gasteiger partial charge in [-0.3, -0.25) is 4.79 Å². The van der Waals surface area contributed by atoms with Crippen LogP contribution < -0.4 is 14.8 Å². The summed E-state index contributed by atoms with van der Waals surface area (Å²) in [6, 6.07) is 13.7. The number of amides is 1. The van der Waals surface area contributed by atoms with Crippen molar-refractivity contribution in [3.8, 4) is 11.5 Å². The van der Waals surface area contributed by atoms with Crippen LogP contribution in [0.1, 0.15) is 39.5 Å². The molecule has 1 unspecified atom stereocenters. The normalized spacial score (nSPS) is 16.1. The third kappa shape index (κ3) is 4.93. The average Bonchev–Trinajstić information content (AvgIpc) is 2.84. The Morgan fingerprint density at radius 2 is 1.94 bits per heavy atom. The minimum Gasteiger partial charge on any atom is -0.494 e. The number of aromatic nitrogens is 2. The van der Waals surface area contributed by atoms with Gasteiger partial charge in [-0.2, -0.15) is 0 Å². The highest BCUT2D eigenvalue weighted by Crippen LogP contribution is 2.32. The largest absolute Gasteiger partial charge is 0.494 e. The summed E-state index contributed by atoms with van der Waals surface area (Å²) in [5.41, 5.74) is 1.70. The molecular formula is C25H30N4O3. The molecule has 2 heterocycles. The van der Waals surface area contributed by atoms with Crippen LogP contribution >= 0.6 is 0 Å². The van der Waals surface area contributed by atoms with Gasteiger partial charge in [-0.1, -0.05) is 13.0 Å². The Hall–Kier alpha value is -3.35. The first kappa shape index (κ1) is 21.9. The van der Waals surface area contributed by atoms with E-state index in [0.717, 1.165) is 48.1 Å². The molecule has 32 heavy (non-hydrogen) atoms. The van der Waals surface area contributed by atoms with Gasteiger partial charge in [0.05, 0.1) is 23.6 Å². The number of nitrogens with zero attached hydrogens (tertiary/aromatic N) is 3. The Bertz CT molecular complexity index is 1050. The molecule has 1 saturated heterocycles. The van der Waals surface area contributed by atoms with Crippen molar-refractivity contribution >= 4 is 28.3 Å². The van der Waals surface area contributed by atoms with Crippen molar-refractivity contribution < 1.29 is 14.3 Å². The number of ether oxygens (including phenoxy) is 2. The number of piperidine rings is 1. The summed E-state index contributed by atoms with van der Waals surface area (Å²) in [4.78, 5) is 23.2. The maximum Gasteiger partial charge on any atom is 0.222 e. The van der Waals surface area contributed by atoms with E-state index in [4.69, 9.17) is 9.47 Å². The molecule has 0 spiro atoms. The van der Waals surface area contributed by atoms with Gasteiger partial charge in [0, 0.05) is 18.7 Å². The molecule has 1 aliphatic rings. The van der Waals surface area contributed by atoms with Crippen LogP contribution in [0.25, 0.3) is 10.9 Å². The number of likely N-dealkylation sites (tertiary alicyclic amines) is 1. The standard InChI is InChI=1S/C25H30N4O3/c1-3-23(30)29-15-6-5-8-19(29)16-32-22-10-7-9-21-24(22)25(27-17-26-21)28-18-11-13-20(14-12-18)31-4-2/h7,9-14,17,19H,3-6,8,15-16H2,1-2H3,(H,26,27,28). The Kier molecular flexibility index (Phi) is 7.04. The van der Waals surface area contributed by atoms with Gasteiger partial charge in [0.15, 0.2) is 0 Å². The number of nitrogens with one attached hydrogen (secondary N) is 1. The number of carbonyl (C=O) groups excluding carboxylic acids is 1. The van der Waals surface area contributed by atoms with E-state index in [0.29, 0.717) is 31.2 Å². The predicted molar refractivity (Wildman–Crippen MR) is 126 cm³/mol. The third-order valence-corrected chi connectivity index (χ3v) is 5.73. The lowest BCUT2D eigenvalue weighted by atomic mass is 10.0. The second kappa shape index (κ2) is 10.3. The summed E-state index contributed by atoms with van der Waals surface area (Å²) in [6.45, 7) is 5.78. The highest BCUT2D eigenvalue weighted by Gasteiger charge is 2.26. The minimum atomic E-state index is 0.0959. The average molecular weight is 435 g/mol. The molecule has 1 N–H and O–H groups in total. The molecule has 3 aromatic rings. The molecule has 1 fully saturated rings. The van der Waals surface area contributed by atoms with Gasteiger partial charge in [0.2, 0.25) is 5.91 Å². The van der Waals surface area contributed by atoms with Gasteiger partial charge in [-0.05, 0) is 62.6 Å². The van der Waals surface area contributed by atoms with Crippen LogP contribution in [-0.4, -0.2) is 46.6 Å². The van der Waals surface area contributed by atoms with Gasteiger partial charge in [0.1, 0.15) is 30.3 Å². The molecule has 4 rings (SSSR count). The lowest BCUT2D eigenvalue weighted by Crippen LogP contribution is -2.46. The van der Waals surface area contributed by atoms with Gasteiger partial charge in [0.25, 0.3) is 0 Å². The lowest BCUT2D eigenvalue weighted by molar-refractivity contribution is -0.135. The fraction of sp³-hybridized carbons (Fsp3) is 0.400. The zero-order valence-electron chi connectivity index (χ0n) is 18.7. The van der Waals surface area contributed by atoms with Gasteiger partial charge >= 0.3 is 0 Å². The molecule has 2 aromatic carbocycles. The highest BCUT2D eigenvalue weighted by atomic mass is 16.5. The van der Waals surface area contributed by atoms with Crippen molar-refractivity contribution in [2.24, 2.45) is 0 Å². The number of fused-ring (bicyclic) bond motifs is 1. The van der Waals surface area contributed by atoms with E-state index in [1.54, 1.807) is 6.33 Å². The Balaban J connectivity index is 1.56. The quantitative estimate of drug-likeness (QED) is 0.541. The first-order valence-electron chi connectivity index (χ1n) is 11.4. The zero-order valence-corrected chi connectivity index (χ0v) is 18.7. The number of carbonyl (C=O) groups is 1. The van der Waals surface area contributed by atoms with Gasteiger partial charge in [-0.25, -0.2) is 9.97 Å². The Labute approximate surface area is 188 Å². The van der Waals surface area contributed by atoms with Crippen LogP contribution in [0.2, 0.25) is 0 Å². The second-order valence-corrected chi connectivity index (χ2v) is 7.86. The summed E-state index contributed by atoms with van der Waals surface area (Å²) < 4.78 is 11.8. The maximum atomic E-state index is 12.4. The zero-order chi connectivity index (χ0) is 22.3. The first-order chi connectivity index (χ1) is 15.7. The SMILES string of the molecule is CCOc1ccc(Nc2ncnc3cccc(OCC4CCCCN4C(=O)CC)c23)cc1. The fourth-order valence-corrected chi connectivity index (χ4v) is 4.12. The van der Waals surface area contributed by atoms with Gasteiger partial charge < -0.3 is 19.7 Å². The summed E-state index contributed by atoms with van der Waals surface area (Å²) >= 11 is 0. The van der Waals surface area contributed by atoms with Crippen LogP contribution in [0, 0.1) is 0 Å². The molecule has 1 aromatic heterocycles. The number of hydrogen-bond donors (Lipinski definition) is 1. The molecule has 1 atom stereocenters. The van der Waals surface area contributed by atoms with Crippen molar-refractivity contribution in [2.75, 3.05) is 25.1 Å². The monoisotopic (exact) mass is 434 g/mol. The maximum absolute atomic E-state index is 12.4. The Morgan fingerprint density at radius 3 is 2.72 bits per heavy atom. The first-order valence-corrected chi connectivity index (χ1v) is 11.4. The smallest absolute Gasteiger partial charge is 0.222 e. The van der Waals surface area contributed by atoms with E-state index >= 15 is 0 Å². The van der Waals surface area contributed by atoms with Crippen LogP contribution in [-0.2, 0) is 4.79 Å². The van der Waals surface area contributed by atoms with E-state index in [1.807, 2.05) is 61.2 Å². The van der Waals surface area contributed by atoms with E-state index in [2.05, 4.69) is 15.3 Å². The molecule has 7 nitrogen and oxygen atoms in total. The molecule has 0 bridgehead atoms. The van der Waals surface area contributed by atoms with Crippen LogP contribution in [0.4, 0.5) is 11.5 Å². The lowest BCUT2D eigenvalue weighted by Gasteiger charge is -2.35. The molecule has 0 saturated carbocycles. The van der Waals surface area contributed by atoms with Gasteiger partial charge in [-0.15, -0.1) is 0 Å². The van der Waals surface area contributed by atoms with Crippen molar-refractivity contribution in [2.45, 2.75) is 45.6 Å².